The fourth-order valence-corrected chi connectivity index (χ4v) is 6.17. The molecule has 2 aromatic heterocycles. The van der Waals surface area contributed by atoms with Crippen LogP contribution in [-0.4, -0.2) is 9.13 Å². The van der Waals surface area contributed by atoms with Gasteiger partial charge in [-0.2, -0.15) is 10.5 Å². The van der Waals surface area contributed by atoms with Gasteiger partial charge in [0.15, 0.2) is 0 Å². The second-order valence-corrected chi connectivity index (χ2v) is 10.1. The van der Waals surface area contributed by atoms with Crippen LogP contribution in [0, 0.1) is 22.7 Å². The molecule has 0 saturated carbocycles. The molecule has 40 heavy (non-hydrogen) atoms. The van der Waals surface area contributed by atoms with E-state index in [0.717, 1.165) is 44.2 Å². The van der Waals surface area contributed by atoms with E-state index in [4.69, 9.17) is 0 Å². The van der Waals surface area contributed by atoms with Gasteiger partial charge in [0.25, 0.3) is 0 Å². The number of nitrogens with zero attached hydrogens (tertiary/aromatic N) is 4. The maximum absolute atomic E-state index is 10.1. The highest BCUT2D eigenvalue weighted by atomic mass is 15.0. The molecule has 0 fully saturated rings. The zero-order valence-corrected chi connectivity index (χ0v) is 21.3. The van der Waals surface area contributed by atoms with E-state index < -0.39 is 0 Å². The lowest BCUT2D eigenvalue weighted by atomic mass is 10.1. The first-order valence-corrected chi connectivity index (χ1v) is 13.2. The van der Waals surface area contributed by atoms with E-state index in [1.54, 1.807) is 12.1 Å². The minimum absolute atomic E-state index is 0.469. The fourth-order valence-electron chi connectivity index (χ4n) is 6.17. The van der Waals surface area contributed by atoms with Gasteiger partial charge in [0.2, 0.25) is 0 Å². The van der Waals surface area contributed by atoms with Gasteiger partial charge in [0.05, 0.1) is 45.0 Å². The van der Waals surface area contributed by atoms with Crippen LogP contribution < -0.4 is 0 Å². The van der Waals surface area contributed by atoms with Crippen molar-refractivity contribution >= 4 is 54.4 Å². The molecule has 0 amide bonds. The highest BCUT2D eigenvalue weighted by Crippen LogP contribution is 2.40. The first-order valence-electron chi connectivity index (χ1n) is 13.2. The van der Waals surface area contributed by atoms with Gasteiger partial charge in [0.1, 0.15) is 6.07 Å². The van der Waals surface area contributed by atoms with E-state index in [9.17, 15) is 10.5 Å². The van der Waals surface area contributed by atoms with E-state index in [2.05, 4.69) is 118 Å². The van der Waals surface area contributed by atoms with Gasteiger partial charge in [-0.15, -0.1) is 0 Å². The SMILES string of the molecule is N#Cc1ccc(-n2c3ccccc3c3cc4c5ccccc5n(-c5ccc6ccccc6c5)c4cc32)c(C#N)c1. The van der Waals surface area contributed by atoms with E-state index in [-0.39, 0.29) is 0 Å². The molecule has 0 atom stereocenters. The molecular weight excluding hydrogens is 488 g/mol. The highest BCUT2D eigenvalue weighted by molar-refractivity contribution is 6.19. The average molecular weight is 509 g/mol. The summed E-state index contributed by atoms with van der Waals surface area (Å²) in [4.78, 5) is 0. The topological polar surface area (TPSA) is 57.4 Å². The standard InChI is InChI=1S/C36H20N4/c37-21-23-13-16-32(26(17-23)22-38)40-34-12-6-4-10-29(34)31-19-30-28-9-3-5-11-33(28)39(35(30)20-36(31)40)27-15-14-24-7-1-2-8-25(24)18-27/h1-20H. The Morgan fingerprint density at radius 3 is 1.82 bits per heavy atom. The maximum atomic E-state index is 10.1. The summed E-state index contributed by atoms with van der Waals surface area (Å²) in [5.41, 5.74) is 7.08. The zero-order valence-electron chi connectivity index (χ0n) is 21.3. The van der Waals surface area contributed by atoms with Crippen molar-refractivity contribution in [2.45, 2.75) is 0 Å². The molecule has 184 valence electrons. The Balaban J connectivity index is 1.54. The van der Waals surface area contributed by atoms with E-state index in [0.29, 0.717) is 11.1 Å². The van der Waals surface area contributed by atoms with Crippen LogP contribution in [-0.2, 0) is 0 Å². The molecule has 0 aliphatic carbocycles. The minimum Gasteiger partial charge on any atom is -0.309 e. The molecule has 4 heteroatoms. The Bertz CT molecular complexity index is 2410. The third kappa shape index (κ3) is 3.05. The summed E-state index contributed by atoms with van der Waals surface area (Å²) in [6.07, 6.45) is 0. The summed E-state index contributed by atoms with van der Waals surface area (Å²) < 4.78 is 4.49. The summed E-state index contributed by atoms with van der Waals surface area (Å²) in [5, 5.41) is 26.5. The monoisotopic (exact) mass is 508 g/mol. The Morgan fingerprint density at radius 2 is 1.10 bits per heavy atom. The molecule has 0 spiro atoms. The molecule has 0 radical (unpaired) electrons. The molecule has 0 bridgehead atoms. The molecule has 2 heterocycles. The summed E-state index contributed by atoms with van der Waals surface area (Å²) in [6.45, 7) is 0. The first kappa shape index (κ1) is 22.2. The van der Waals surface area contributed by atoms with Crippen LogP contribution in [0.5, 0.6) is 0 Å². The van der Waals surface area contributed by atoms with Gasteiger partial charge in [0, 0.05) is 27.2 Å². The Labute approximate surface area is 229 Å². The lowest BCUT2D eigenvalue weighted by Gasteiger charge is -2.12. The third-order valence-corrected chi connectivity index (χ3v) is 7.94. The zero-order chi connectivity index (χ0) is 26.8. The van der Waals surface area contributed by atoms with Crippen molar-refractivity contribution < 1.29 is 0 Å². The molecule has 0 unspecified atom stereocenters. The predicted molar refractivity (Wildman–Crippen MR) is 162 cm³/mol. The van der Waals surface area contributed by atoms with Crippen LogP contribution in [0.15, 0.2) is 121 Å². The lowest BCUT2D eigenvalue weighted by molar-refractivity contribution is 1.16. The number of benzene rings is 6. The number of nitriles is 2. The molecule has 0 saturated heterocycles. The maximum Gasteiger partial charge on any atom is 0.101 e. The predicted octanol–water partition coefficient (Wildman–Crippen LogP) is 8.78. The van der Waals surface area contributed by atoms with Crippen LogP contribution in [0.25, 0.3) is 65.8 Å². The summed E-state index contributed by atoms with van der Waals surface area (Å²) in [6, 6.07) is 46.2. The van der Waals surface area contributed by atoms with Crippen molar-refractivity contribution in [2.75, 3.05) is 0 Å². The minimum atomic E-state index is 0.469. The number of hydrogen-bond acceptors (Lipinski definition) is 2. The van der Waals surface area contributed by atoms with Gasteiger partial charge in [-0.1, -0.05) is 66.7 Å². The number of hydrogen-bond donors (Lipinski definition) is 0. The number of para-hydroxylation sites is 2. The summed E-state index contributed by atoms with van der Waals surface area (Å²) >= 11 is 0. The Morgan fingerprint density at radius 1 is 0.450 bits per heavy atom. The smallest absolute Gasteiger partial charge is 0.101 e. The van der Waals surface area contributed by atoms with E-state index >= 15 is 0 Å². The van der Waals surface area contributed by atoms with Gasteiger partial charge in [-0.05, 0) is 65.4 Å². The van der Waals surface area contributed by atoms with Gasteiger partial charge in [-0.25, -0.2) is 0 Å². The molecule has 4 nitrogen and oxygen atoms in total. The molecule has 8 aromatic rings. The summed E-state index contributed by atoms with van der Waals surface area (Å²) in [5.74, 6) is 0. The Kier molecular flexibility index (Phi) is 4.62. The van der Waals surface area contributed by atoms with Crippen LogP contribution in [0.4, 0.5) is 0 Å². The van der Waals surface area contributed by atoms with Crippen molar-refractivity contribution in [2.24, 2.45) is 0 Å². The first-order chi connectivity index (χ1) is 19.7. The number of aromatic nitrogens is 2. The quantitative estimate of drug-likeness (QED) is 0.234. The molecule has 0 N–H and O–H groups in total. The van der Waals surface area contributed by atoms with E-state index in [1.807, 2.05) is 12.1 Å². The average Bonchev–Trinajstić information content (AvgIpc) is 3.51. The summed E-state index contributed by atoms with van der Waals surface area (Å²) in [7, 11) is 0. The molecule has 0 aliphatic rings. The van der Waals surface area contributed by atoms with Crippen LogP contribution in [0.1, 0.15) is 11.1 Å². The molecule has 0 aliphatic heterocycles. The highest BCUT2D eigenvalue weighted by Gasteiger charge is 2.19. The van der Waals surface area contributed by atoms with Crippen molar-refractivity contribution in [1.82, 2.24) is 9.13 Å². The normalized spacial score (nSPS) is 11.4. The van der Waals surface area contributed by atoms with Gasteiger partial charge >= 0.3 is 0 Å². The van der Waals surface area contributed by atoms with Crippen molar-refractivity contribution in [1.29, 1.82) is 10.5 Å². The van der Waals surface area contributed by atoms with Crippen LogP contribution >= 0.6 is 0 Å². The van der Waals surface area contributed by atoms with Gasteiger partial charge < -0.3 is 9.13 Å². The van der Waals surface area contributed by atoms with Crippen molar-refractivity contribution in [3.8, 4) is 23.5 Å². The second kappa shape index (κ2) is 8.33. The molecule has 6 aromatic carbocycles. The Hall–Kier alpha value is -5.84. The van der Waals surface area contributed by atoms with Crippen molar-refractivity contribution in [3.63, 3.8) is 0 Å². The fraction of sp³-hybridized carbons (Fsp3) is 0. The number of rotatable bonds is 2. The lowest BCUT2D eigenvalue weighted by Crippen LogP contribution is -1.99. The molecule has 8 rings (SSSR count). The second-order valence-electron chi connectivity index (χ2n) is 10.1. The van der Waals surface area contributed by atoms with E-state index in [1.165, 1.54) is 21.5 Å². The number of fused-ring (bicyclic) bond motifs is 7. The van der Waals surface area contributed by atoms with Crippen LogP contribution in [0.3, 0.4) is 0 Å². The molecular formula is C36H20N4. The largest absolute Gasteiger partial charge is 0.309 e. The third-order valence-electron chi connectivity index (χ3n) is 7.94. The van der Waals surface area contributed by atoms with Crippen molar-refractivity contribution in [3.05, 3.63) is 132 Å². The van der Waals surface area contributed by atoms with Gasteiger partial charge in [-0.3, -0.25) is 0 Å². The van der Waals surface area contributed by atoms with Crippen LogP contribution in [0.2, 0.25) is 0 Å².